The van der Waals surface area contributed by atoms with Crippen LogP contribution in [-0.4, -0.2) is 84.9 Å². The van der Waals surface area contributed by atoms with E-state index >= 15 is 0 Å². The molecule has 2 N–H and O–H groups in total. The van der Waals surface area contributed by atoms with Crippen molar-refractivity contribution in [2.45, 2.75) is 70.2 Å². The van der Waals surface area contributed by atoms with Gasteiger partial charge in [-0.2, -0.15) is 0 Å². The number of nitrogens with zero attached hydrogens (tertiary/aromatic N) is 3. The molecule has 49 heavy (non-hydrogen) atoms. The summed E-state index contributed by atoms with van der Waals surface area (Å²) in [7, 11) is 1.64. The van der Waals surface area contributed by atoms with Crippen molar-refractivity contribution in [2.75, 3.05) is 49.8 Å². The van der Waals surface area contributed by atoms with Crippen molar-refractivity contribution < 1.29 is 38.4 Å². The predicted molar refractivity (Wildman–Crippen MR) is 184 cm³/mol. The molecule has 2 aliphatic heterocycles. The predicted octanol–water partition coefficient (Wildman–Crippen LogP) is 6.29. The first kappa shape index (κ1) is 34.5. The van der Waals surface area contributed by atoms with Crippen LogP contribution in [0, 0.1) is 11.7 Å². The molecule has 11 heteroatoms. The number of rotatable bonds is 9. The molecule has 3 aromatic rings. The Labute approximate surface area is 287 Å². The van der Waals surface area contributed by atoms with Crippen molar-refractivity contribution in [2.24, 2.45) is 5.92 Å². The molecule has 0 aromatic heterocycles. The standard InChI is InChI=1S/C38H46FN3O7/c1-38(2,3)49-37(46)40-17-15-29(24-7-5-8-25(19-24)30-13-12-28(43)21-32(30)39)31(22-40)36(45)42(26-9-10-26)27-11-14-34-33(20-27)41(16-6-18-47-4)35(44)23-48-34/h5,7-8,11-14,19-21,26,29,31,35,43-44H,6,9-10,15-18,22-23H2,1-4H3/t29-,31+,35?/m1/s1. The van der Waals surface area contributed by atoms with Gasteiger partial charge in [0.25, 0.3) is 0 Å². The second-order valence-electron chi connectivity index (χ2n) is 14.1. The normalized spacial score (nSPS) is 20.7. The van der Waals surface area contributed by atoms with Gasteiger partial charge in [-0.25, -0.2) is 9.18 Å². The van der Waals surface area contributed by atoms with Crippen LogP contribution in [0.3, 0.4) is 0 Å². The number of phenols is 1. The second kappa shape index (κ2) is 14.2. The topological polar surface area (TPSA) is 112 Å². The fraction of sp³-hybridized carbons (Fsp3) is 0.474. The number of hydrogen-bond donors (Lipinski definition) is 2. The number of anilines is 2. The highest BCUT2D eigenvalue weighted by atomic mass is 19.1. The van der Waals surface area contributed by atoms with Crippen LogP contribution < -0.4 is 14.5 Å². The van der Waals surface area contributed by atoms with E-state index in [9.17, 15) is 24.2 Å². The van der Waals surface area contributed by atoms with Gasteiger partial charge in [-0.15, -0.1) is 0 Å². The molecular weight excluding hydrogens is 629 g/mol. The van der Waals surface area contributed by atoms with Gasteiger partial charge in [0.05, 0.1) is 11.6 Å². The molecule has 3 aliphatic rings. The Hall–Kier alpha value is -4.35. The van der Waals surface area contributed by atoms with E-state index in [0.29, 0.717) is 60.8 Å². The zero-order valence-corrected chi connectivity index (χ0v) is 28.6. The highest BCUT2D eigenvalue weighted by Gasteiger charge is 2.44. The molecular formula is C38H46FN3O7. The SMILES string of the molecule is COCCCN1c2cc(N(C(=O)[C@H]3CN(C(=O)OC(C)(C)C)CC[C@@H]3c3cccc(-c4ccc(O)cc4F)c3)C3CC3)ccc2OCC1O. The van der Waals surface area contributed by atoms with Crippen molar-refractivity contribution in [3.05, 3.63) is 72.0 Å². The Kier molecular flexibility index (Phi) is 10.0. The van der Waals surface area contributed by atoms with Crippen LogP contribution in [0.1, 0.15) is 57.9 Å². The van der Waals surface area contributed by atoms with Crippen LogP contribution in [0.25, 0.3) is 11.1 Å². The number of carbonyl (C=O) groups is 2. The fourth-order valence-electron chi connectivity index (χ4n) is 6.86. The summed E-state index contributed by atoms with van der Waals surface area (Å²) in [6.07, 6.45) is 1.62. The number of fused-ring (bicyclic) bond motifs is 1. The van der Waals surface area contributed by atoms with E-state index in [-0.39, 0.29) is 36.8 Å². The van der Waals surface area contributed by atoms with Gasteiger partial charge in [0.1, 0.15) is 29.5 Å². The first-order valence-corrected chi connectivity index (χ1v) is 17.0. The first-order chi connectivity index (χ1) is 23.4. The summed E-state index contributed by atoms with van der Waals surface area (Å²) < 4.78 is 31.7. The third kappa shape index (κ3) is 7.78. The number of ether oxygens (including phenoxy) is 3. The molecule has 1 saturated carbocycles. The van der Waals surface area contributed by atoms with E-state index < -0.39 is 29.7 Å². The van der Waals surface area contributed by atoms with Crippen molar-refractivity contribution in [3.63, 3.8) is 0 Å². The lowest BCUT2D eigenvalue weighted by molar-refractivity contribution is -0.124. The van der Waals surface area contributed by atoms with Gasteiger partial charge in [-0.05, 0) is 93.8 Å². The number of methoxy groups -OCH3 is 1. The summed E-state index contributed by atoms with van der Waals surface area (Å²) in [4.78, 5) is 33.6. The molecule has 10 nitrogen and oxygen atoms in total. The maximum atomic E-state index is 14.9. The Bertz CT molecular complexity index is 1670. The number of likely N-dealkylation sites (tertiary alicyclic amines) is 1. The number of hydrogen-bond acceptors (Lipinski definition) is 8. The minimum absolute atomic E-state index is 0.00287. The number of benzene rings is 3. The number of phenolic OH excluding ortho intramolecular Hbond substituents is 1. The van der Waals surface area contributed by atoms with E-state index in [0.717, 1.165) is 24.5 Å². The quantitative estimate of drug-likeness (QED) is 0.255. The zero-order valence-electron chi connectivity index (χ0n) is 28.6. The van der Waals surface area contributed by atoms with E-state index in [1.54, 1.807) is 18.1 Å². The van der Waals surface area contributed by atoms with Crippen LogP contribution in [0.15, 0.2) is 60.7 Å². The van der Waals surface area contributed by atoms with Gasteiger partial charge in [0, 0.05) is 56.7 Å². The molecule has 0 radical (unpaired) electrons. The highest BCUT2D eigenvalue weighted by Crippen LogP contribution is 2.43. The van der Waals surface area contributed by atoms with Crippen LogP contribution in [0.2, 0.25) is 0 Å². The van der Waals surface area contributed by atoms with Crippen molar-refractivity contribution in [1.29, 1.82) is 0 Å². The van der Waals surface area contributed by atoms with Crippen LogP contribution in [0.4, 0.5) is 20.6 Å². The molecule has 0 spiro atoms. The molecule has 2 fully saturated rings. The molecule has 3 atom stereocenters. The molecule has 2 amide bonds. The van der Waals surface area contributed by atoms with Crippen LogP contribution in [0.5, 0.6) is 11.5 Å². The smallest absolute Gasteiger partial charge is 0.410 e. The maximum absolute atomic E-state index is 14.9. The lowest BCUT2D eigenvalue weighted by Crippen LogP contribution is -2.51. The molecule has 6 rings (SSSR count). The monoisotopic (exact) mass is 675 g/mol. The third-order valence-electron chi connectivity index (χ3n) is 9.33. The van der Waals surface area contributed by atoms with Crippen molar-refractivity contribution in [3.8, 4) is 22.6 Å². The average Bonchev–Trinajstić information content (AvgIpc) is 3.90. The third-order valence-corrected chi connectivity index (χ3v) is 9.33. The molecule has 3 aromatic carbocycles. The lowest BCUT2D eigenvalue weighted by atomic mass is 9.78. The average molecular weight is 676 g/mol. The van der Waals surface area contributed by atoms with Gasteiger partial charge >= 0.3 is 6.09 Å². The van der Waals surface area contributed by atoms with E-state index in [2.05, 4.69) is 0 Å². The lowest BCUT2D eigenvalue weighted by Gasteiger charge is -2.41. The maximum Gasteiger partial charge on any atom is 0.410 e. The number of aromatic hydroxyl groups is 1. The number of carbonyl (C=O) groups excluding carboxylic acids is 2. The molecule has 0 bridgehead atoms. The van der Waals surface area contributed by atoms with Gasteiger partial charge in [-0.1, -0.05) is 24.3 Å². The van der Waals surface area contributed by atoms with Gasteiger partial charge in [0.2, 0.25) is 5.91 Å². The number of aliphatic hydroxyl groups excluding tert-OH is 1. The molecule has 2 heterocycles. The Balaban J connectivity index is 1.35. The van der Waals surface area contributed by atoms with Crippen molar-refractivity contribution in [1.82, 2.24) is 4.90 Å². The summed E-state index contributed by atoms with van der Waals surface area (Å²) in [5.74, 6) is -1.04. The molecule has 262 valence electrons. The second-order valence-corrected chi connectivity index (χ2v) is 14.1. The van der Waals surface area contributed by atoms with Gasteiger partial charge in [0.15, 0.2) is 6.23 Å². The largest absolute Gasteiger partial charge is 0.508 e. The fourth-order valence-corrected chi connectivity index (χ4v) is 6.86. The Morgan fingerprint density at radius 2 is 1.86 bits per heavy atom. The number of amides is 2. The van der Waals surface area contributed by atoms with Crippen LogP contribution >= 0.6 is 0 Å². The van der Waals surface area contributed by atoms with E-state index in [4.69, 9.17) is 14.2 Å². The van der Waals surface area contributed by atoms with E-state index in [1.807, 2.05) is 73.0 Å². The Morgan fingerprint density at radius 1 is 1.06 bits per heavy atom. The minimum Gasteiger partial charge on any atom is -0.508 e. The molecule has 1 aliphatic carbocycles. The summed E-state index contributed by atoms with van der Waals surface area (Å²) >= 11 is 0. The number of aliphatic hydroxyl groups is 1. The van der Waals surface area contributed by atoms with Gasteiger partial charge < -0.3 is 39.1 Å². The molecule has 1 saturated heterocycles. The number of piperidine rings is 1. The highest BCUT2D eigenvalue weighted by molar-refractivity contribution is 5.98. The summed E-state index contributed by atoms with van der Waals surface area (Å²) in [6.45, 7) is 7.25. The zero-order chi connectivity index (χ0) is 34.9. The summed E-state index contributed by atoms with van der Waals surface area (Å²) in [6, 6.07) is 17.2. The number of halogens is 1. The minimum atomic E-state index is -0.833. The first-order valence-electron chi connectivity index (χ1n) is 17.0. The van der Waals surface area contributed by atoms with Crippen molar-refractivity contribution >= 4 is 23.4 Å². The Morgan fingerprint density at radius 3 is 2.57 bits per heavy atom. The summed E-state index contributed by atoms with van der Waals surface area (Å²) in [5.41, 5.74) is 2.58. The van der Waals surface area contributed by atoms with Crippen LogP contribution in [-0.2, 0) is 14.3 Å². The van der Waals surface area contributed by atoms with E-state index in [1.165, 1.54) is 6.07 Å². The molecule has 1 unspecified atom stereocenters. The summed E-state index contributed by atoms with van der Waals surface area (Å²) in [5, 5.41) is 20.6. The van der Waals surface area contributed by atoms with Gasteiger partial charge in [-0.3, -0.25) is 4.79 Å².